The number of hydrogen-bond donors (Lipinski definition) is 1. The second-order valence-corrected chi connectivity index (χ2v) is 1.78. The largest absolute Gasteiger partial charge is 0.382 e. The van der Waals surface area contributed by atoms with E-state index in [1.807, 2.05) is 0 Å². The lowest BCUT2D eigenvalue weighted by Gasteiger charge is -1.91. The molecule has 0 radical (unpaired) electrons. The molecule has 6 heteroatoms. The Hall–Kier alpha value is -1.72. The van der Waals surface area contributed by atoms with Crippen molar-refractivity contribution < 1.29 is 0 Å². The van der Waals surface area contributed by atoms with Gasteiger partial charge in [-0.25, -0.2) is 0 Å². The van der Waals surface area contributed by atoms with Crippen molar-refractivity contribution in [3.05, 3.63) is 12.4 Å². The van der Waals surface area contributed by atoms with Gasteiger partial charge in [0.2, 0.25) is 0 Å². The van der Waals surface area contributed by atoms with Crippen molar-refractivity contribution in [1.29, 1.82) is 0 Å². The van der Waals surface area contributed by atoms with Crippen LogP contribution in [-0.2, 0) is 0 Å². The zero-order chi connectivity index (χ0) is 6.97. The molecule has 0 spiro atoms. The average Bonchev–Trinajstić information content (AvgIpc) is 2.36. The molecule has 2 aromatic heterocycles. The van der Waals surface area contributed by atoms with E-state index in [-0.39, 0.29) is 0 Å². The van der Waals surface area contributed by atoms with Gasteiger partial charge in [0.05, 0.1) is 12.4 Å². The maximum absolute atomic E-state index is 5.46. The van der Waals surface area contributed by atoms with Crippen LogP contribution >= 0.6 is 0 Å². The summed E-state index contributed by atoms with van der Waals surface area (Å²) >= 11 is 0. The highest BCUT2D eigenvalue weighted by Crippen LogP contribution is 1.98. The first kappa shape index (κ1) is 5.10. The zero-order valence-electron chi connectivity index (χ0n) is 4.97. The predicted molar refractivity (Wildman–Crippen MR) is 33.0 cm³/mol. The van der Waals surface area contributed by atoms with E-state index < -0.39 is 0 Å². The topological polar surface area (TPSA) is 82.0 Å². The van der Waals surface area contributed by atoms with Gasteiger partial charge >= 0.3 is 0 Å². The van der Waals surface area contributed by atoms with E-state index in [9.17, 15) is 0 Å². The molecule has 2 aromatic rings. The lowest BCUT2D eigenvalue weighted by molar-refractivity contribution is 0.827. The van der Waals surface area contributed by atoms with Gasteiger partial charge in [0.15, 0.2) is 5.65 Å². The molecule has 0 saturated heterocycles. The number of nitrogen functional groups attached to an aromatic ring is 1. The Labute approximate surface area is 55.7 Å². The van der Waals surface area contributed by atoms with Crippen LogP contribution in [0, 0.1) is 0 Å². The minimum Gasteiger partial charge on any atom is -0.382 e. The SMILES string of the molecule is Nc1cncc2nnnn12. The molecule has 10 heavy (non-hydrogen) atoms. The van der Waals surface area contributed by atoms with Crippen LogP contribution in [0.15, 0.2) is 12.4 Å². The summed E-state index contributed by atoms with van der Waals surface area (Å²) in [4.78, 5) is 3.80. The highest BCUT2D eigenvalue weighted by molar-refractivity contribution is 5.39. The van der Waals surface area contributed by atoms with Crippen molar-refractivity contribution in [1.82, 2.24) is 25.0 Å². The van der Waals surface area contributed by atoms with Crippen LogP contribution in [0.2, 0.25) is 0 Å². The van der Waals surface area contributed by atoms with E-state index in [1.54, 1.807) is 0 Å². The monoisotopic (exact) mass is 136 g/mol. The number of tetrazole rings is 1. The molecule has 0 aliphatic rings. The first-order valence-electron chi connectivity index (χ1n) is 2.65. The molecule has 0 atom stereocenters. The quantitative estimate of drug-likeness (QED) is 0.507. The van der Waals surface area contributed by atoms with Crippen molar-refractivity contribution in [2.24, 2.45) is 0 Å². The summed E-state index contributed by atoms with van der Waals surface area (Å²) in [5, 5.41) is 10.7. The minimum absolute atomic E-state index is 0.433. The van der Waals surface area contributed by atoms with Crippen molar-refractivity contribution in [3.63, 3.8) is 0 Å². The van der Waals surface area contributed by atoms with Crippen molar-refractivity contribution in [3.8, 4) is 0 Å². The third-order valence-electron chi connectivity index (χ3n) is 1.14. The summed E-state index contributed by atoms with van der Waals surface area (Å²) in [6.07, 6.45) is 3.03. The van der Waals surface area contributed by atoms with Gasteiger partial charge in [0.1, 0.15) is 5.82 Å². The second-order valence-electron chi connectivity index (χ2n) is 1.78. The average molecular weight is 136 g/mol. The first-order chi connectivity index (χ1) is 4.88. The molecule has 2 rings (SSSR count). The summed E-state index contributed by atoms with van der Waals surface area (Å²) in [6, 6.07) is 0. The number of anilines is 1. The molecule has 50 valence electrons. The van der Waals surface area contributed by atoms with Crippen LogP contribution < -0.4 is 5.73 Å². The number of fused-ring (bicyclic) bond motifs is 1. The van der Waals surface area contributed by atoms with Crippen molar-refractivity contribution >= 4 is 11.5 Å². The van der Waals surface area contributed by atoms with Gasteiger partial charge in [0.25, 0.3) is 0 Å². The number of rotatable bonds is 0. The number of nitrogens with zero attached hydrogens (tertiary/aromatic N) is 5. The fourth-order valence-electron chi connectivity index (χ4n) is 0.693. The van der Waals surface area contributed by atoms with E-state index in [4.69, 9.17) is 5.73 Å². The van der Waals surface area contributed by atoms with Crippen LogP contribution in [0.1, 0.15) is 0 Å². The molecule has 0 aliphatic carbocycles. The zero-order valence-corrected chi connectivity index (χ0v) is 4.97. The number of hydrogen-bond acceptors (Lipinski definition) is 5. The van der Waals surface area contributed by atoms with Gasteiger partial charge in [0, 0.05) is 0 Å². The fraction of sp³-hybridized carbons (Fsp3) is 0. The molecule has 0 aromatic carbocycles. The van der Waals surface area contributed by atoms with Gasteiger partial charge < -0.3 is 5.73 Å². The molecule has 0 aliphatic heterocycles. The maximum Gasteiger partial charge on any atom is 0.199 e. The molecule has 0 bridgehead atoms. The van der Waals surface area contributed by atoms with E-state index in [1.165, 1.54) is 16.9 Å². The van der Waals surface area contributed by atoms with Gasteiger partial charge in [-0.05, 0) is 10.4 Å². The van der Waals surface area contributed by atoms with E-state index in [0.717, 1.165) is 0 Å². The fourth-order valence-corrected chi connectivity index (χ4v) is 0.693. The van der Waals surface area contributed by atoms with Crippen LogP contribution in [-0.4, -0.2) is 25.0 Å². The van der Waals surface area contributed by atoms with Gasteiger partial charge in [-0.15, -0.1) is 5.10 Å². The van der Waals surface area contributed by atoms with E-state index >= 15 is 0 Å². The van der Waals surface area contributed by atoms with Gasteiger partial charge in [-0.3, -0.25) is 4.98 Å². The highest BCUT2D eigenvalue weighted by Gasteiger charge is 1.97. The molecule has 2 N–H and O–H groups in total. The van der Waals surface area contributed by atoms with Crippen LogP contribution in [0.4, 0.5) is 5.82 Å². The first-order valence-corrected chi connectivity index (χ1v) is 2.65. The van der Waals surface area contributed by atoms with Crippen molar-refractivity contribution in [2.75, 3.05) is 5.73 Å². The summed E-state index contributed by atoms with van der Waals surface area (Å²) in [7, 11) is 0. The van der Waals surface area contributed by atoms with Crippen LogP contribution in [0.25, 0.3) is 5.65 Å². The second kappa shape index (κ2) is 1.63. The minimum atomic E-state index is 0.433. The smallest absolute Gasteiger partial charge is 0.199 e. The molecule has 0 unspecified atom stereocenters. The normalized spacial score (nSPS) is 10.4. The number of nitrogens with two attached hydrogens (primary N) is 1. The summed E-state index contributed by atoms with van der Waals surface area (Å²) in [5.74, 6) is 0.433. The van der Waals surface area contributed by atoms with Crippen LogP contribution in [0.3, 0.4) is 0 Å². The Balaban J connectivity index is 2.95. The van der Waals surface area contributed by atoms with E-state index in [0.29, 0.717) is 11.5 Å². The highest BCUT2D eigenvalue weighted by atomic mass is 15.5. The van der Waals surface area contributed by atoms with Crippen LogP contribution in [0.5, 0.6) is 0 Å². The Morgan fingerprint density at radius 3 is 3.10 bits per heavy atom. The Kier molecular flexibility index (Phi) is 0.830. The van der Waals surface area contributed by atoms with Crippen molar-refractivity contribution in [2.45, 2.75) is 0 Å². The third-order valence-corrected chi connectivity index (χ3v) is 1.14. The summed E-state index contributed by atoms with van der Waals surface area (Å²) in [5.41, 5.74) is 6.01. The Bertz CT molecular complexity index is 351. The van der Waals surface area contributed by atoms with Gasteiger partial charge in [-0.1, -0.05) is 0 Å². The Morgan fingerprint density at radius 2 is 2.30 bits per heavy atom. The standard InChI is InChI=1S/C4H4N6/c5-3-1-6-2-4-7-8-9-10(3)4/h1-2H,5H2. The predicted octanol–water partition coefficient (Wildman–Crippen LogP) is -0.899. The molecular formula is C4H4N6. The lowest BCUT2D eigenvalue weighted by Crippen LogP contribution is -1.98. The molecular weight excluding hydrogens is 132 g/mol. The third kappa shape index (κ3) is 0.524. The molecule has 2 heterocycles. The van der Waals surface area contributed by atoms with E-state index in [2.05, 4.69) is 20.5 Å². The number of aromatic nitrogens is 5. The molecule has 0 fully saturated rings. The molecule has 0 saturated carbocycles. The maximum atomic E-state index is 5.46. The van der Waals surface area contributed by atoms with Gasteiger partial charge in [-0.2, -0.15) is 4.52 Å². The summed E-state index contributed by atoms with van der Waals surface area (Å²) < 4.78 is 1.41. The molecule has 0 amide bonds. The Morgan fingerprint density at radius 1 is 1.40 bits per heavy atom. The lowest BCUT2D eigenvalue weighted by atomic mass is 10.6. The molecule has 6 nitrogen and oxygen atoms in total. The summed E-state index contributed by atoms with van der Waals surface area (Å²) in [6.45, 7) is 0.